The van der Waals surface area contributed by atoms with Crippen molar-refractivity contribution in [1.29, 1.82) is 0 Å². The molecule has 14 heteroatoms. The molecule has 13 nitrogen and oxygen atoms in total. The Kier molecular flexibility index (Phi) is 7.60. The third-order valence-electron chi connectivity index (χ3n) is 5.80. The number of rotatable bonds is 5. The second-order valence-electron chi connectivity index (χ2n) is 9.89. The van der Waals surface area contributed by atoms with E-state index in [2.05, 4.69) is 20.7 Å². The number of nitrogens with one attached hydrogen (secondary N) is 3. The molecule has 206 valence electrons. The van der Waals surface area contributed by atoms with Gasteiger partial charge in [0.1, 0.15) is 5.82 Å². The number of carbonyl (C=O) groups is 2. The third kappa shape index (κ3) is 6.53. The predicted octanol–water partition coefficient (Wildman–Crippen LogP) is 2.62. The fourth-order valence-corrected chi connectivity index (χ4v) is 4.86. The van der Waals surface area contributed by atoms with Crippen LogP contribution in [-0.4, -0.2) is 52.7 Å². The third-order valence-corrected chi connectivity index (χ3v) is 7.16. The Balaban J connectivity index is 1.54. The molecule has 0 atom stereocenters. The molecule has 2 aliphatic rings. The molecule has 2 heterocycles. The summed E-state index contributed by atoms with van der Waals surface area (Å²) in [6, 6.07) is 7.37. The van der Waals surface area contributed by atoms with Gasteiger partial charge >= 0.3 is 22.3 Å². The largest absolute Gasteiger partial charge is 0.369 e. The monoisotopic (exact) mass is 553 g/mol. The van der Waals surface area contributed by atoms with Crippen molar-refractivity contribution in [2.24, 2.45) is 10.7 Å². The Labute approximate surface area is 226 Å². The van der Waals surface area contributed by atoms with Crippen molar-refractivity contribution < 1.29 is 18.0 Å². The van der Waals surface area contributed by atoms with Gasteiger partial charge in [-0.1, -0.05) is 55.5 Å². The van der Waals surface area contributed by atoms with E-state index in [0.717, 1.165) is 21.5 Å². The highest BCUT2D eigenvalue weighted by Crippen LogP contribution is 2.27. The zero-order chi connectivity index (χ0) is 28.4. The molecule has 1 saturated heterocycles. The van der Waals surface area contributed by atoms with Gasteiger partial charge in [-0.15, -0.1) is 0 Å². The van der Waals surface area contributed by atoms with E-state index in [9.17, 15) is 18.0 Å². The number of guanidine groups is 1. The number of hydrazine groups is 1. The number of carbonyl (C=O) groups excluding carboxylic acids is 2. The van der Waals surface area contributed by atoms with E-state index in [0.29, 0.717) is 22.8 Å². The second kappa shape index (κ2) is 10.7. The topological polar surface area (TPSA) is 167 Å². The first kappa shape index (κ1) is 27.6. The van der Waals surface area contributed by atoms with Crippen LogP contribution in [0.5, 0.6) is 0 Å². The van der Waals surface area contributed by atoms with Gasteiger partial charge in [0.05, 0.1) is 23.6 Å². The molecule has 0 radical (unpaired) electrons. The fourth-order valence-electron chi connectivity index (χ4n) is 3.69. The van der Waals surface area contributed by atoms with Crippen LogP contribution < -0.4 is 21.1 Å². The van der Waals surface area contributed by atoms with E-state index >= 15 is 0 Å². The number of hydrogen-bond donors (Lipinski definition) is 4. The predicted molar refractivity (Wildman–Crippen MR) is 148 cm³/mol. The van der Waals surface area contributed by atoms with Crippen LogP contribution in [0.3, 0.4) is 0 Å². The Hall–Kier alpha value is -4.43. The lowest BCUT2D eigenvalue weighted by atomic mass is 9.92. The van der Waals surface area contributed by atoms with E-state index in [-0.39, 0.29) is 17.9 Å². The first-order valence-electron chi connectivity index (χ1n) is 12.1. The molecule has 0 bridgehead atoms. The van der Waals surface area contributed by atoms with Crippen LogP contribution in [0.1, 0.15) is 38.4 Å². The Bertz CT molecular complexity index is 1500. The maximum absolute atomic E-state index is 12.8. The van der Waals surface area contributed by atoms with Crippen LogP contribution in [0, 0.1) is 0 Å². The van der Waals surface area contributed by atoms with Crippen LogP contribution in [0.25, 0.3) is 5.69 Å². The fraction of sp³-hybridized carbons (Fsp3) is 0.280. The number of aliphatic imine (C=N–C) groups is 1. The van der Waals surface area contributed by atoms with Gasteiger partial charge in [0.25, 0.3) is 0 Å². The molecule has 2 aromatic rings. The number of anilines is 1. The van der Waals surface area contributed by atoms with Crippen molar-refractivity contribution >= 4 is 34.0 Å². The lowest BCUT2D eigenvalue weighted by Crippen LogP contribution is -2.39. The molecule has 0 spiro atoms. The molecule has 4 rings (SSSR count). The quantitative estimate of drug-likeness (QED) is 0.328. The summed E-state index contributed by atoms with van der Waals surface area (Å²) in [6.07, 6.45) is 10.2. The SMILES string of the molecule is CN1C(=O)NS(=O)(=O)N1Cc1ccc(-n2nc(C(C)(C)C)cc2NC(=O)NC(N)=NC2=CC=CCC=C2)cc1. The van der Waals surface area contributed by atoms with Gasteiger partial charge in [0.2, 0.25) is 5.96 Å². The summed E-state index contributed by atoms with van der Waals surface area (Å²) >= 11 is 0. The summed E-state index contributed by atoms with van der Waals surface area (Å²) in [7, 11) is -2.57. The normalized spacial score (nSPS) is 17.5. The van der Waals surface area contributed by atoms with Gasteiger partial charge in [-0.2, -0.15) is 13.5 Å². The van der Waals surface area contributed by atoms with Crippen LogP contribution >= 0.6 is 0 Å². The number of hydrogen-bond acceptors (Lipinski definition) is 6. The van der Waals surface area contributed by atoms with E-state index in [1.807, 2.05) is 49.8 Å². The number of benzene rings is 1. The van der Waals surface area contributed by atoms with Crippen molar-refractivity contribution in [1.82, 2.24) is 29.2 Å². The lowest BCUT2D eigenvalue weighted by molar-refractivity contribution is 0.132. The van der Waals surface area contributed by atoms with Gasteiger partial charge in [-0.3, -0.25) is 10.6 Å². The summed E-state index contributed by atoms with van der Waals surface area (Å²) in [5.41, 5.74) is 8.23. The molecule has 39 heavy (non-hydrogen) atoms. The molecule has 1 aromatic carbocycles. The average molecular weight is 554 g/mol. The highest BCUT2D eigenvalue weighted by atomic mass is 32.2. The van der Waals surface area contributed by atoms with Crippen molar-refractivity contribution in [3.8, 4) is 5.69 Å². The summed E-state index contributed by atoms with van der Waals surface area (Å²) in [4.78, 5) is 28.7. The van der Waals surface area contributed by atoms with Gasteiger partial charge in [-0.25, -0.2) is 29.0 Å². The lowest BCUT2D eigenvalue weighted by Gasteiger charge is -2.20. The van der Waals surface area contributed by atoms with Crippen LogP contribution in [0.2, 0.25) is 0 Å². The first-order chi connectivity index (χ1) is 18.3. The average Bonchev–Trinajstić information content (AvgIpc) is 3.21. The second-order valence-corrected chi connectivity index (χ2v) is 11.5. The molecular weight excluding hydrogens is 522 g/mol. The van der Waals surface area contributed by atoms with Gasteiger partial charge in [0.15, 0.2) is 0 Å². The summed E-state index contributed by atoms with van der Waals surface area (Å²) < 4.78 is 28.8. The molecule has 4 amide bonds. The number of urea groups is 2. The maximum atomic E-state index is 12.8. The molecule has 1 aromatic heterocycles. The zero-order valence-electron chi connectivity index (χ0n) is 22.0. The van der Waals surface area contributed by atoms with Crippen molar-refractivity contribution in [3.05, 3.63) is 77.7 Å². The van der Waals surface area contributed by atoms with Crippen molar-refractivity contribution in [3.63, 3.8) is 0 Å². The molecule has 5 N–H and O–H groups in total. The number of nitrogens with two attached hydrogens (primary N) is 1. The standard InChI is InChI=1S/C25H31N9O4S/c1-25(2,3)20-15-21(28-23(35)29-22(26)27-18-9-7-5-6-8-10-18)34(30-20)19-13-11-17(12-14-19)16-33-32(4)24(36)31-39(33,37)38/h5,7-15H,6,16H2,1-4H3,(H,31,36)(H4,26,27,28,29,35). The zero-order valence-corrected chi connectivity index (χ0v) is 22.9. The van der Waals surface area contributed by atoms with Crippen molar-refractivity contribution in [2.75, 3.05) is 12.4 Å². The minimum Gasteiger partial charge on any atom is -0.369 e. The highest BCUT2D eigenvalue weighted by molar-refractivity contribution is 7.88. The van der Waals surface area contributed by atoms with Gasteiger partial charge < -0.3 is 5.73 Å². The smallest absolute Gasteiger partial charge is 0.347 e. The summed E-state index contributed by atoms with van der Waals surface area (Å²) in [6.45, 7) is 5.96. The molecule has 1 fully saturated rings. The number of nitrogens with zero attached hydrogens (tertiary/aromatic N) is 5. The van der Waals surface area contributed by atoms with Crippen LogP contribution in [0.15, 0.2) is 71.4 Å². The van der Waals surface area contributed by atoms with E-state index < -0.39 is 22.3 Å². The minimum absolute atomic E-state index is 0.0439. The molecule has 1 aliphatic heterocycles. The first-order valence-corrected chi connectivity index (χ1v) is 13.5. The van der Waals surface area contributed by atoms with Crippen LogP contribution in [0.4, 0.5) is 15.4 Å². The number of aromatic nitrogens is 2. The molecule has 0 saturated carbocycles. The minimum atomic E-state index is -3.94. The van der Waals surface area contributed by atoms with E-state index in [1.54, 1.807) is 41.1 Å². The summed E-state index contributed by atoms with van der Waals surface area (Å²) in [5.74, 6) is 0.325. The van der Waals surface area contributed by atoms with E-state index in [4.69, 9.17) is 5.73 Å². The molecule has 0 unspecified atom stereocenters. The Morgan fingerprint density at radius 3 is 2.56 bits per heavy atom. The summed E-state index contributed by atoms with van der Waals surface area (Å²) in [5, 5.41) is 11.0. The Morgan fingerprint density at radius 1 is 1.21 bits per heavy atom. The van der Waals surface area contributed by atoms with Gasteiger partial charge in [0, 0.05) is 18.5 Å². The maximum Gasteiger partial charge on any atom is 0.347 e. The molecular formula is C25H31N9O4S. The van der Waals surface area contributed by atoms with Gasteiger partial charge in [-0.05, 0) is 36.3 Å². The van der Waals surface area contributed by atoms with Crippen LogP contribution in [-0.2, 0) is 22.2 Å². The number of amides is 4. The van der Waals surface area contributed by atoms with Crippen molar-refractivity contribution in [2.45, 2.75) is 39.2 Å². The van der Waals surface area contributed by atoms with E-state index in [1.165, 1.54) is 7.05 Å². The molecule has 1 aliphatic carbocycles. The number of allylic oxidation sites excluding steroid dienone is 5. The highest BCUT2D eigenvalue weighted by Gasteiger charge is 2.38. The Morgan fingerprint density at radius 2 is 1.92 bits per heavy atom.